The normalized spacial score (nSPS) is 27.0. The molecule has 0 spiro atoms. The third-order valence-electron chi connectivity index (χ3n) is 4.46. The molecule has 1 fully saturated rings. The van der Waals surface area contributed by atoms with Gasteiger partial charge in [-0.3, -0.25) is 0 Å². The van der Waals surface area contributed by atoms with Crippen LogP contribution in [-0.4, -0.2) is 30.0 Å². The van der Waals surface area contributed by atoms with Gasteiger partial charge in [0.25, 0.3) is 0 Å². The Balaban J connectivity index is 2.10. The third-order valence-corrected chi connectivity index (χ3v) is 6.16. The van der Waals surface area contributed by atoms with Crippen LogP contribution in [0, 0.1) is 12.8 Å². The highest BCUT2D eigenvalue weighted by Gasteiger charge is 2.36. The molecule has 0 saturated heterocycles. The van der Waals surface area contributed by atoms with Crippen molar-refractivity contribution in [1.82, 2.24) is 5.16 Å². The van der Waals surface area contributed by atoms with Crippen molar-refractivity contribution in [2.24, 2.45) is 5.92 Å². The molecule has 21 heavy (non-hydrogen) atoms. The van der Waals surface area contributed by atoms with Gasteiger partial charge in [0.2, 0.25) is 0 Å². The minimum Gasteiger partial charge on any atom is -0.389 e. The molecule has 0 unspecified atom stereocenters. The number of sulfone groups is 1. The second-order valence-electron chi connectivity index (χ2n) is 6.46. The Bertz CT molecular complexity index is 583. The van der Waals surface area contributed by atoms with Crippen molar-refractivity contribution < 1.29 is 18.0 Å². The first kappa shape index (κ1) is 16.5. The molecule has 0 aromatic carbocycles. The Morgan fingerprint density at radius 2 is 2.00 bits per heavy atom. The lowest BCUT2D eigenvalue weighted by Crippen LogP contribution is -2.40. The zero-order valence-corrected chi connectivity index (χ0v) is 13.9. The molecular formula is C15H25NO4S. The third kappa shape index (κ3) is 4.07. The lowest BCUT2D eigenvalue weighted by molar-refractivity contribution is 0.0135. The zero-order valence-electron chi connectivity index (χ0n) is 13.1. The molecule has 1 aromatic heterocycles. The summed E-state index contributed by atoms with van der Waals surface area (Å²) >= 11 is 0. The number of aryl methyl sites for hydroxylation is 2. The number of aliphatic hydroxyl groups is 1. The Morgan fingerprint density at radius 1 is 1.38 bits per heavy atom. The van der Waals surface area contributed by atoms with Crippen LogP contribution in [0.25, 0.3) is 0 Å². The van der Waals surface area contributed by atoms with Gasteiger partial charge in [-0.05, 0) is 44.9 Å². The van der Waals surface area contributed by atoms with E-state index in [1.165, 1.54) is 0 Å². The largest absolute Gasteiger partial charge is 0.389 e. The lowest BCUT2D eigenvalue weighted by Gasteiger charge is -2.34. The molecule has 2 rings (SSSR count). The monoisotopic (exact) mass is 315 g/mol. The molecule has 1 heterocycles. The van der Waals surface area contributed by atoms with E-state index < -0.39 is 15.4 Å². The van der Waals surface area contributed by atoms with Crippen molar-refractivity contribution in [3.05, 3.63) is 17.0 Å². The van der Waals surface area contributed by atoms with Gasteiger partial charge in [-0.15, -0.1) is 0 Å². The molecule has 1 N–H and O–H groups in total. The summed E-state index contributed by atoms with van der Waals surface area (Å²) in [5, 5.41) is 14.4. The molecule has 1 aliphatic rings. The predicted molar refractivity (Wildman–Crippen MR) is 80.7 cm³/mol. The highest BCUT2D eigenvalue weighted by atomic mass is 32.2. The second kappa shape index (κ2) is 6.08. The van der Waals surface area contributed by atoms with Crippen molar-refractivity contribution in [3.63, 3.8) is 0 Å². The molecule has 1 aromatic rings. The molecule has 1 aliphatic carbocycles. The summed E-state index contributed by atoms with van der Waals surface area (Å²) in [6.07, 6.45) is 3.55. The molecular weight excluding hydrogens is 290 g/mol. The van der Waals surface area contributed by atoms with Gasteiger partial charge in [-0.25, -0.2) is 8.42 Å². The highest BCUT2D eigenvalue weighted by Crippen LogP contribution is 2.33. The number of nitrogens with zero attached hydrogens (tertiary/aromatic N) is 1. The maximum atomic E-state index is 12.4. The van der Waals surface area contributed by atoms with Crippen LogP contribution >= 0.6 is 0 Å². The fourth-order valence-electron chi connectivity index (χ4n) is 3.02. The van der Waals surface area contributed by atoms with E-state index in [9.17, 15) is 13.5 Å². The van der Waals surface area contributed by atoms with E-state index in [4.69, 9.17) is 4.52 Å². The Kier molecular flexibility index (Phi) is 4.78. The molecule has 6 heteroatoms. The van der Waals surface area contributed by atoms with Crippen LogP contribution in [0.3, 0.4) is 0 Å². The van der Waals surface area contributed by atoms with Crippen molar-refractivity contribution in [3.8, 4) is 0 Å². The van der Waals surface area contributed by atoms with E-state index in [1.807, 2.05) is 6.92 Å². The minimum atomic E-state index is -3.39. The summed E-state index contributed by atoms with van der Waals surface area (Å²) in [7, 11) is -3.39. The molecule has 120 valence electrons. The Morgan fingerprint density at radius 3 is 2.57 bits per heavy atom. The average molecular weight is 315 g/mol. The van der Waals surface area contributed by atoms with Gasteiger partial charge in [-0.2, -0.15) is 0 Å². The summed E-state index contributed by atoms with van der Waals surface area (Å²) < 4.78 is 30.0. The number of hydrogen-bond acceptors (Lipinski definition) is 5. The van der Waals surface area contributed by atoms with Crippen LogP contribution in [0.2, 0.25) is 0 Å². The van der Waals surface area contributed by atoms with Gasteiger partial charge in [0.1, 0.15) is 5.76 Å². The average Bonchev–Trinajstić information content (AvgIpc) is 2.73. The van der Waals surface area contributed by atoms with Crippen LogP contribution in [0.5, 0.6) is 0 Å². The van der Waals surface area contributed by atoms with Gasteiger partial charge in [0.15, 0.2) is 9.84 Å². The van der Waals surface area contributed by atoms with E-state index in [0.717, 1.165) is 12.8 Å². The van der Waals surface area contributed by atoms with E-state index in [-0.39, 0.29) is 11.5 Å². The first-order valence-electron chi connectivity index (χ1n) is 7.61. The van der Waals surface area contributed by atoms with Crippen LogP contribution in [0.1, 0.15) is 56.5 Å². The number of hydrogen-bond donors (Lipinski definition) is 1. The zero-order chi connectivity index (χ0) is 15.7. The topological polar surface area (TPSA) is 80.4 Å². The van der Waals surface area contributed by atoms with Gasteiger partial charge in [0, 0.05) is 5.56 Å². The fourth-order valence-corrected chi connectivity index (χ4v) is 5.04. The molecule has 0 bridgehead atoms. The minimum absolute atomic E-state index is 0.0939. The number of rotatable bonds is 5. The van der Waals surface area contributed by atoms with Crippen molar-refractivity contribution >= 4 is 9.84 Å². The molecule has 5 nitrogen and oxygen atoms in total. The van der Waals surface area contributed by atoms with Crippen molar-refractivity contribution in [2.75, 3.05) is 5.75 Å². The molecule has 0 radical (unpaired) electrons. The predicted octanol–water partition coefficient (Wildman–Crippen LogP) is 2.40. The van der Waals surface area contributed by atoms with E-state index in [2.05, 4.69) is 12.1 Å². The van der Waals surface area contributed by atoms with E-state index >= 15 is 0 Å². The summed E-state index contributed by atoms with van der Waals surface area (Å²) in [6, 6.07) is 0. The van der Waals surface area contributed by atoms with Crippen LogP contribution in [-0.2, 0) is 22.0 Å². The first-order chi connectivity index (χ1) is 9.75. The second-order valence-corrected chi connectivity index (χ2v) is 8.52. The molecule has 0 atom stereocenters. The van der Waals surface area contributed by atoms with E-state index in [1.54, 1.807) is 6.92 Å². The van der Waals surface area contributed by atoms with Gasteiger partial charge < -0.3 is 9.63 Å². The van der Waals surface area contributed by atoms with Gasteiger partial charge >= 0.3 is 0 Å². The van der Waals surface area contributed by atoms with Crippen LogP contribution in [0.4, 0.5) is 0 Å². The van der Waals surface area contributed by atoms with Crippen LogP contribution in [0.15, 0.2) is 4.52 Å². The van der Waals surface area contributed by atoms with Crippen LogP contribution < -0.4 is 0 Å². The van der Waals surface area contributed by atoms with Crippen molar-refractivity contribution in [1.29, 1.82) is 0 Å². The summed E-state index contributed by atoms with van der Waals surface area (Å²) in [5.74, 6) is 0.865. The Labute approximate surface area is 126 Å². The lowest BCUT2D eigenvalue weighted by atomic mass is 9.81. The molecule has 0 amide bonds. The summed E-state index contributed by atoms with van der Waals surface area (Å²) in [5.41, 5.74) is 0.286. The highest BCUT2D eigenvalue weighted by molar-refractivity contribution is 7.90. The Hall–Kier alpha value is -0.880. The molecule has 0 aliphatic heterocycles. The SMILES string of the molecule is CCc1noc(C)c1CS(=O)(=O)CC1(O)CCC(C)CC1. The van der Waals surface area contributed by atoms with Gasteiger partial charge in [0.05, 0.1) is 22.8 Å². The summed E-state index contributed by atoms with van der Waals surface area (Å²) in [6.45, 7) is 5.79. The molecule has 1 saturated carbocycles. The quantitative estimate of drug-likeness (QED) is 0.902. The first-order valence-corrected chi connectivity index (χ1v) is 9.43. The van der Waals surface area contributed by atoms with Crippen molar-refractivity contribution in [2.45, 2.75) is 64.2 Å². The fraction of sp³-hybridized carbons (Fsp3) is 0.800. The maximum Gasteiger partial charge on any atom is 0.157 e. The standard InChI is InChI=1S/C15H25NO4S/c1-4-14-13(12(3)20-16-14)9-21(18,19)10-15(17)7-5-11(2)6-8-15/h11,17H,4-10H2,1-3H3. The van der Waals surface area contributed by atoms with E-state index in [0.29, 0.717) is 42.2 Å². The smallest absolute Gasteiger partial charge is 0.157 e. The number of aromatic nitrogens is 1. The summed E-state index contributed by atoms with van der Waals surface area (Å²) in [4.78, 5) is 0. The maximum absolute atomic E-state index is 12.4. The van der Waals surface area contributed by atoms with Gasteiger partial charge in [-0.1, -0.05) is 19.0 Å².